The molecule has 4 heteroatoms. The van der Waals surface area contributed by atoms with E-state index in [0.717, 1.165) is 16.6 Å². The minimum Gasteiger partial charge on any atom is -0.376 e. The second-order valence-electron chi connectivity index (χ2n) is 5.67. The molecular formula is C15H21N3S. The first-order chi connectivity index (χ1) is 9.19. The molecule has 1 heterocycles. The lowest BCUT2D eigenvalue weighted by atomic mass is 10.0. The molecule has 0 amide bonds. The summed E-state index contributed by atoms with van der Waals surface area (Å²) in [6, 6.07) is 8.40. The molecule has 19 heavy (non-hydrogen) atoms. The number of benzene rings is 1. The van der Waals surface area contributed by atoms with Gasteiger partial charge in [0, 0.05) is 19.8 Å². The van der Waals surface area contributed by atoms with Crippen LogP contribution in [0.3, 0.4) is 0 Å². The smallest absolute Gasteiger partial charge is 0.161 e. The van der Waals surface area contributed by atoms with Gasteiger partial charge >= 0.3 is 0 Å². The highest BCUT2D eigenvalue weighted by Crippen LogP contribution is 2.41. The summed E-state index contributed by atoms with van der Waals surface area (Å²) in [5.41, 5.74) is 2.60. The van der Waals surface area contributed by atoms with Gasteiger partial charge in [0.15, 0.2) is 5.17 Å². The first-order valence-electron chi connectivity index (χ1n) is 6.95. The SMILES string of the molecule is CN(C)c1ccccc1NC1=NC2(CCCC2)CS1. The van der Waals surface area contributed by atoms with Crippen LogP contribution in [0, 0.1) is 0 Å². The molecule has 1 fully saturated rings. The molecule has 1 aromatic carbocycles. The third-order valence-corrected chi connectivity index (χ3v) is 5.13. The van der Waals surface area contributed by atoms with Crippen molar-refractivity contribution in [3.8, 4) is 0 Å². The van der Waals surface area contributed by atoms with Crippen LogP contribution in [0.25, 0.3) is 0 Å². The monoisotopic (exact) mass is 275 g/mol. The van der Waals surface area contributed by atoms with E-state index >= 15 is 0 Å². The molecule has 1 N–H and O–H groups in total. The highest BCUT2D eigenvalue weighted by molar-refractivity contribution is 8.14. The maximum absolute atomic E-state index is 4.96. The molecule has 3 nitrogen and oxygen atoms in total. The predicted octanol–water partition coefficient (Wildman–Crippen LogP) is 3.58. The fourth-order valence-corrected chi connectivity index (χ4v) is 4.12. The zero-order chi connectivity index (χ0) is 13.3. The number of amidine groups is 1. The average Bonchev–Trinajstić information content (AvgIpc) is 3.01. The van der Waals surface area contributed by atoms with Gasteiger partial charge in [-0.1, -0.05) is 36.7 Å². The molecule has 1 aliphatic heterocycles. The molecule has 0 saturated heterocycles. The minimum atomic E-state index is 0.250. The standard InChI is InChI=1S/C15H21N3S/c1-18(2)13-8-4-3-7-12(13)16-14-17-15(11-19-14)9-5-6-10-15/h3-4,7-8H,5-6,9-11H2,1-2H3,(H,16,17). The van der Waals surface area contributed by atoms with E-state index in [1.165, 1.54) is 31.4 Å². The first kappa shape index (κ1) is 12.9. The van der Waals surface area contributed by atoms with Gasteiger partial charge in [0.2, 0.25) is 0 Å². The van der Waals surface area contributed by atoms with Crippen molar-refractivity contribution in [2.75, 3.05) is 30.1 Å². The van der Waals surface area contributed by atoms with Crippen molar-refractivity contribution in [3.63, 3.8) is 0 Å². The number of aliphatic imine (C=N–C) groups is 1. The summed E-state index contributed by atoms with van der Waals surface area (Å²) in [4.78, 5) is 7.10. The van der Waals surface area contributed by atoms with E-state index in [0.29, 0.717) is 0 Å². The lowest BCUT2D eigenvalue weighted by Crippen LogP contribution is -2.21. The number of hydrogen-bond acceptors (Lipinski definition) is 4. The summed E-state index contributed by atoms with van der Waals surface area (Å²) in [5, 5.41) is 4.61. The molecule has 0 atom stereocenters. The summed E-state index contributed by atoms with van der Waals surface area (Å²) in [6.45, 7) is 0. The summed E-state index contributed by atoms with van der Waals surface area (Å²) >= 11 is 1.87. The molecule has 1 spiro atoms. The van der Waals surface area contributed by atoms with E-state index in [4.69, 9.17) is 4.99 Å². The Morgan fingerprint density at radius 2 is 1.95 bits per heavy atom. The van der Waals surface area contributed by atoms with Gasteiger partial charge < -0.3 is 10.2 Å². The molecule has 0 bridgehead atoms. The Labute approximate surface area is 119 Å². The van der Waals surface area contributed by atoms with E-state index in [9.17, 15) is 0 Å². The minimum absolute atomic E-state index is 0.250. The van der Waals surface area contributed by atoms with E-state index in [1.54, 1.807) is 0 Å². The molecule has 1 aromatic rings. The fourth-order valence-electron chi connectivity index (χ4n) is 2.92. The maximum Gasteiger partial charge on any atom is 0.161 e. The van der Waals surface area contributed by atoms with Crippen molar-refractivity contribution in [1.82, 2.24) is 0 Å². The third kappa shape index (κ3) is 2.59. The molecule has 1 aliphatic carbocycles. The molecule has 2 aliphatic rings. The zero-order valence-electron chi connectivity index (χ0n) is 11.6. The van der Waals surface area contributed by atoms with Crippen LogP contribution in [0.2, 0.25) is 0 Å². The summed E-state index contributed by atoms with van der Waals surface area (Å²) in [5.74, 6) is 1.15. The van der Waals surface area contributed by atoms with Gasteiger partial charge in [-0.3, -0.25) is 4.99 Å². The van der Waals surface area contributed by atoms with E-state index < -0.39 is 0 Å². The lowest BCUT2D eigenvalue weighted by molar-refractivity contribution is 0.508. The Hall–Kier alpha value is -1.16. The normalized spacial score (nSPS) is 20.6. The quantitative estimate of drug-likeness (QED) is 0.894. The fraction of sp³-hybridized carbons (Fsp3) is 0.533. The van der Waals surface area contributed by atoms with Crippen molar-refractivity contribution < 1.29 is 0 Å². The Bertz CT molecular complexity index is 490. The number of para-hydroxylation sites is 2. The van der Waals surface area contributed by atoms with Crippen molar-refractivity contribution in [3.05, 3.63) is 24.3 Å². The van der Waals surface area contributed by atoms with Crippen molar-refractivity contribution in [2.24, 2.45) is 4.99 Å². The second-order valence-corrected chi connectivity index (χ2v) is 6.64. The molecule has 0 radical (unpaired) electrons. The number of nitrogens with one attached hydrogen (secondary N) is 1. The number of thioether (sulfide) groups is 1. The van der Waals surface area contributed by atoms with Gasteiger partial charge in [-0.05, 0) is 25.0 Å². The van der Waals surface area contributed by atoms with E-state index in [2.05, 4.69) is 48.6 Å². The Balaban J connectivity index is 1.79. The van der Waals surface area contributed by atoms with Crippen LogP contribution < -0.4 is 10.2 Å². The van der Waals surface area contributed by atoms with Gasteiger partial charge in [-0.15, -0.1) is 0 Å². The topological polar surface area (TPSA) is 27.6 Å². The van der Waals surface area contributed by atoms with Gasteiger partial charge in [-0.25, -0.2) is 0 Å². The van der Waals surface area contributed by atoms with Crippen LogP contribution in [0.5, 0.6) is 0 Å². The largest absolute Gasteiger partial charge is 0.376 e. The molecule has 102 valence electrons. The maximum atomic E-state index is 4.96. The zero-order valence-corrected chi connectivity index (χ0v) is 12.5. The highest BCUT2D eigenvalue weighted by atomic mass is 32.2. The van der Waals surface area contributed by atoms with Crippen LogP contribution in [0.1, 0.15) is 25.7 Å². The number of rotatable bonds is 2. The Morgan fingerprint density at radius 3 is 2.68 bits per heavy atom. The molecule has 0 aromatic heterocycles. The highest BCUT2D eigenvalue weighted by Gasteiger charge is 2.38. The number of nitrogens with zero attached hydrogens (tertiary/aromatic N) is 2. The lowest BCUT2D eigenvalue weighted by Gasteiger charge is -2.18. The van der Waals surface area contributed by atoms with Gasteiger partial charge in [0.1, 0.15) is 0 Å². The van der Waals surface area contributed by atoms with Gasteiger partial charge in [0.05, 0.1) is 16.9 Å². The van der Waals surface area contributed by atoms with Crippen LogP contribution in [0.15, 0.2) is 29.3 Å². The average molecular weight is 275 g/mol. The number of anilines is 2. The van der Waals surface area contributed by atoms with Crippen molar-refractivity contribution in [2.45, 2.75) is 31.2 Å². The van der Waals surface area contributed by atoms with Crippen LogP contribution in [-0.2, 0) is 0 Å². The van der Waals surface area contributed by atoms with Crippen molar-refractivity contribution in [1.29, 1.82) is 0 Å². The van der Waals surface area contributed by atoms with Gasteiger partial charge in [0.25, 0.3) is 0 Å². The molecule has 1 saturated carbocycles. The summed E-state index contributed by atoms with van der Waals surface area (Å²) in [7, 11) is 4.14. The molecular weight excluding hydrogens is 254 g/mol. The van der Waals surface area contributed by atoms with E-state index in [1.807, 2.05) is 11.8 Å². The van der Waals surface area contributed by atoms with Crippen molar-refractivity contribution >= 4 is 28.3 Å². The predicted molar refractivity (Wildman–Crippen MR) is 85.5 cm³/mol. The Morgan fingerprint density at radius 1 is 1.21 bits per heavy atom. The molecule has 0 unspecified atom stereocenters. The third-order valence-electron chi connectivity index (χ3n) is 3.98. The van der Waals surface area contributed by atoms with Crippen LogP contribution in [0.4, 0.5) is 11.4 Å². The second kappa shape index (κ2) is 5.08. The van der Waals surface area contributed by atoms with Crippen LogP contribution >= 0.6 is 11.8 Å². The van der Waals surface area contributed by atoms with Crippen LogP contribution in [-0.4, -0.2) is 30.6 Å². The summed E-state index contributed by atoms with van der Waals surface area (Å²) in [6.07, 6.45) is 5.21. The first-order valence-corrected chi connectivity index (χ1v) is 7.93. The molecule has 3 rings (SSSR count). The van der Waals surface area contributed by atoms with E-state index in [-0.39, 0.29) is 5.54 Å². The number of hydrogen-bond donors (Lipinski definition) is 1. The Kier molecular flexibility index (Phi) is 3.44. The summed E-state index contributed by atoms with van der Waals surface area (Å²) < 4.78 is 0. The van der Waals surface area contributed by atoms with Gasteiger partial charge in [-0.2, -0.15) is 0 Å².